The summed E-state index contributed by atoms with van der Waals surface area (Å²) in [7, 11) is 0. The lowest BCUT2D eigenvalue weighted by molar-refractivity contribution is 0.302. The van der Waals surface area contributed by atoms with Gasteiger partial charge >= 0.3 is 0 Å². The predicted octanol–water partition coefficient (Wildman–Crippen LogP) is 3.28. The van der Waals surface area contributed by atoms with Crippen LogP contribution in [0.3, 0.4) is 0 Å². The second-order valence-electron chi connectivity index (χ2n) is 5.52. The summed E-state index contributed by atoms with van der Waals surface area (Å²) in [4.78, 5) is 7.12. The topological polar surface area (TPSA) is 28.2 Å². The van der Waals surface area contributed by atoms with Gasteiger partial charge < -0.3 is 10.2 Å². The molecular formula is C18H27N3. The Bertz CT molecular complexity index is 588. The molecule has 2 aromatic rings. The smallest absolute Gasteiger partial charge is 0.0708 e. The SMILES string of the molecule is CCN(CC)CCNCc1c(C)c(C)nc2ccccc12. The van der Waals surface area contributed by atoms with Crippen LogP contribution in [0.2, 0.25) is 0 Å². The van der Waals surface area contributed by atoms with Gasteiger partial charge in [-0.15, -0.1) is 0 Å². The van der Waals surface area contributed by atoms with Crippen molar-refractivity contribution in [1.29, 1.82) is 0 Å². The van der Waals surface area contributed by atoms with Gasteiger partial charge in [-0.3, -0.25) is 4.98 Å². The Hall–Kier alpha value is -1.45. The molecule has 0 unspecified atom stereocenters. The minimum Gasteiger partial charge on any atom is -0.311 e. The predicted molar refractivity (Wildman–Crippen MR) is 90.7 cm³/mol. The number of benzene rings is 1. The molecule has 0 saturated carbocycles. The van der Waals surface area contributed by atoms with E-state index in [0.29, 0.717) is 0 Å². The molecule has 1 aromatic carbocycles. The summed E-state index contributed by atoms with van der Waals surface area (Å²) in [5.74, 6) is 0. The quantitative estimate of drug-likeness (QED) is 0.791. The van der Waals surface area contributed by atoms with Crippen LogP contribution in [0.5, 0.6) is 0 Å². The number of para-hydroxylation sites is 1. The number of aromatic nitrogens is 1. The van der Waals surface area contributed by atoms with E-state index in [1.54, 1.807) is 0 Å². The molecule has 0 spiro atoms. The molecule has 0 saturated heterocycles. The van der Waals surface area contributed by atoms with Crippen LogP contribution in [0.25, 0.3) is 10.9 Å². The lowest BCUT2D eigenvalue weighted by Gasteiger charge is -2.19. The first-order valence-electron chi connectivity index (χ1n) is 7.95. The first kappa shape index (κ1) is 15.9. The van der Waals surface area contributed by atoms with Crippen LogP contribution in [0.4, 0.5) is 0 Å². The maximum atomic E-state index is 4.68. The van der Waals surface area contributed by atoms with Gasteiger partial charge in [-0.2, -0.15) is 0 Å². The Morgan fingerprint density at radius 2 is 1.81 bits per heavy atom. The normalized spacial score (nSPS) is 11.5. The van der Waals surface area contributed by atoms with Crippen LogP contribution in [0, 0.1) is 13.8 Å². The number of hydrogen-bond acceptors (Lipinski definition) is 3. The van der Waals surface area contributed by atoms with Crippen molar-refractivity contribution >= 4 is 10.9 Å². The van der Waals surface area contributed by atoms with Gasteiger partial charge in [-0.05, 0) is 44.1 Å². The van der Waals surface area contributed by atoms with E-state index in [4.69, 9.17) is 0 Å². The van der Waals surface area contributed by atoms with Gasteiger partial charge in [0.25, 0.3) is 0 Å². The summed E-state index contributed by atoms with van der Waals surface area (Å²) in [6, 6.07) is 8.43. The molecule has 0 amide bonds. The lowest BCUT2D eigenvalue weighted by atomic mass is 10.0. The van der Waals surface area contributed by atoms with Gasteiger partial charge in [0.2, 0.25) is 0 Å². The van der Waals surface area contributed by atoms with Crippen molar-refractivity contribution in [3.8, 4) is 0 Å². The van der Waals surface area contributed by atoms with Crippen molar-refractivity contribution in [2.45, 2.75) is 34.2 Å². The van der Waals surface area contributed by atoms with Crippen molar-refractivity contribution < 1.29 is 0 Å². The van der Waals surface area contributed by atoms with Crippen molar-refractivity contribution in [3.05, 3.63) is 41.1 Å². The van der Waals surface area contributed by atoms with E-state index in [1.165, 1.54) is 16.5 Å². The molecule has 1 heterocycles. The minimum absolute atomic E-state index is 0.914. The highest BCUT2D eigenvalue weighted by Gasteiger charge is 2.08. The zero-order chi connectivity index (χ0) is 15.2. The Labute approximate surface area is 128 Å². The fourth-order valence-corrected chi connectivity index (χ4v) is 2.73. The Kier molecular flexibility index (Phi) is 5.71. The minimum atomic E-state index is 0.914. The molecule has 0 fully saturated rings. The number of hydrogen-bond donors (Lipinski definition) is 1. The standard InChI is InChI=1S/C18H27N3/c1-5-21(6-2)12-11-19-13-17-14(3)15(4)20-18-10-8-7-9-16(17)18/h7-10,19H,5-6,11-13H2,1-4H3. The van der Waals surface area contributed by atoms with E-state index in [1.807, 2.05) is 0 Å². The highest BCUT2D eigenvalue weighted by Crippen LogP contribution is 2.22. The number of nitrogens with zero attached hydrogens (tertiary/aromatic N) is 2. The average molecular weight is 285 g/mol. The third-order valence-electron chi connectivity index (χ3n) is 4.31. The van der Waals surface area contributed by atoms with E-state index in [0.717, 1.165) is 43.9 Å². The summed E-state index contributed by atoms with van der Waals surface area (Å²) < 4.78 is 0. The van der Waals surface area contributed by atoms with Crippen molar-refractivity contribution in [2.24, 2.45) is 0 Å². The first-order chi connectivity index (χ1) is 10.2. The molecule has 1 aromatic heterocycles. The largest absolute Gasteiger partial charge is 0.311 e. The maximum absolute atomic E-state index is 4.68. The highest BCUT2D eigenvalue weighted by molar-refractivity contribution is 5.83. The number of aryl methyl sites for hydroxylation is 1. The van der Waals surface area contributed by atoms with Gasteiger partial charge in [-0.25, -0.2) is 0 Å². The molecule has 1 N–H and O–H groups in total. The van der Waals surface area contributed by atoms with Crippen LogP contribution in [-0.4, -0.2) is 36.1 Å². The van der Waals surface area contributed by atoms with Gasteiger partial charge in [0.15, 0.2) is 0 Å². The van der Waals surface area contributed by atoms with Crippen LogP contribution in [0.1, 0.15) is 30.7 Å². The third kappa shape index (κ3) is 3.80. The zero-order valence-corrected chi connectivity index (χ0v) is 13.7. The summed E-state index contributed by atoms with van der Waals surface area (Å²) in [5, 5.41) is 4.87. The molecule has 3 nitrogen and oxygen atoms in total. The van der Waals surface area contributed by atoms with Gasteiger partial charge in [0.1, 0.15) is 0 Å². The number of nitrogens with one attached hydrogen (secondary N) is 1. The number of pyridine rings is 1. The van der Waals surface area contributed by atoms with Crippen molar-refractivity contribution in [3.63, 3.8) is 0 Å². The summed E-state index contributed by atoms with van der Waals surface area (Å²) in [6.45, 7) is 14.0. The molecule has 0 aliphatic heterocycles. The van der Waals surface area contributed by atoms with E-state index >= 15 is 0 Å². The summed E-state index contributed by atoms with van der Waals surface area (Å²) in [6.07, 6.45) is 0. The molecule has 0 bridgehead atoms. The third-order valence-corrected chi connectivity index (χ3v) is 4.31. The maximum Gasteiger partial charge on any atom is 0.0708 e. The van der Waals surface area contributed by atoms with Crippen LogP contribution >= 0.6 is 0 Å². The number of fused-ring (bicyclic) bond motifs is 1. The Morgan fingerprint density at radius 3 is 2.52 bits per heavy atom. The van der Waals surface area contributed by atoms with E-state index in [-0.39, 0.29) is 0 Å². The van der Waals surface area contributed by atoms with E-state index in [9.17, 15) is 0 Å². The Morgan fingerprint density at radius 1 is 1.10 bits per heavy atom. The number of rotatable bonds is 7. The monoisotopic (exact) mass is 285 g/mol. The van der Waals surface area contributed by atoms with E-state index in [2.05, 4.69) is 67.2 Å². The highest BCUT2D eigenvalue weighted by atomic mass is 15.1. The first-order valence-corrected chi connectivity index (χ1v) is 7.95. The van der Waals surface area contributed by atoms with Crippen molar-refractivity contribution in [2.75, 3.05) is 26.2 Å². The van der Waals surface area contributed by atoms with Crippen LogP contribution in [0.15, 0.2) is 24.3 Å². The van der Waals surface area contributed by atoms with Crippen LogP contribution < -0.4 is 5.32 Å². The molecule has 21 heavy (non-hydrogen) atoms. The number of likely N-dealkylation sites (N-methyl/N-ethyl adjacent to an activating group) is 1. The van der Waals surface area contributed by atoms with Gasteiger partial charge in [0, 0.05) is 30.7 Å². The average Bonchev–Trinajstić information content (AvgIpc) is 2.51. The zero-order valence-electron chi connectivity index (χ0n) is 13.7. The second kappa shape index (κ2) is 7.53. The molecule has 0 atom stereocenters. The Balaban J connectivity index is 2.09. The molecule has 0 radical (unpaired) electrons. The summed E-state index contributed by atoms with van der Waals surface area (Å²) >= 11 is 0. The van der Waals surface area contributed by atoms with E-state index < -0.39 is 0 Å². The molecule has 0 aliphatic carbocycles. The fraction of sp³-hybridized carbons (Fsp3) is 0.500. The molecule has 114 valence electrons. The molecule has 0 aliphatic rings. The van der Waals surface area contributed by atoms with Crippen LogP contribution in [-0.2, 0) is 6.54 Å². The van der Waals surface area contributed by atoms with Gasteiger partial charge in [0.05, 0.1) is 5.52 Å². The molecule has 3 heteroatoms. The second-order valence-corrected chi connectivity index (χ2v) is 5.52. The van der Waals surface area contributed by atoms with Gasteiger partial charge in [-0.1, -0.05) is 32.0 Å². The summed E-state index contributed by atoms with van der Waals surface area (Å²) in [5.41, 5.74) is 4.93. The van der Waals surface area contributed by atoms with Crippen molar-refractivity contribution in [1.82, 2.24) is 15.2 Å². The lowest BCUT2D eigenvalue weighted by Crippen LogP contribution is -2.31. The fourth-order valence-electron chi connectivity index (χ4n) is 2.73. The molecular weight excluding hydrogens is 258 g/mol. The molecule has 2 rings (SSSR count).